The van der Waals surface area contributed by atoms with Crippen molar-refractivity contribution < 1.29 is 18.3 Å². The van der Waals surface area contributed by atoms with Gasteiger partial charge in [-0.3, -0.25) is 14.8 Å². The number of thiazole rings is 1. The van der Waals surface area contributed by atoms with E-state index < -0.39 is 12.5 Å². The van der Waals surface area contributed by atoms with E-state index in [2.05, 4.69) is 20.2 Å². The molecule has 1 aliphatic carbocycles. The molecular weight excluding hydrogens is 472 g/mol. The van der Waals surface area contributed by atoms with Crippen molar-refractivity contribution in [3.63, 3.8) is 0 Å². The van der Waals surface area contributed by atoms with Crippen LogP contribution in [0.2, 0.25) is 0 Å². The second-order valence-corrected chi connectivity index (χ2v) is 11.1. The van der Waals surface area contributed by atoms with Crippen LogP contribution in [0, 0.1) is 5.92 Å². The SMILES string of the molecule is CC(F)(F)COc1nc2c(s1)CCN(CCC1CCC(NC(=O)N3CCc4ncccc43)CC1)C2. The van der Waals surface area contributed by atoms with Gasteiger partial charge in [-0.05, 0) is 63.1 Å². The molecule has 2 aromatic rings. The fourth-order valence-electron chi connectivity index (χ4n) is 5.30. The second-order valence-electron chi connectivity index (χ2n) is 10.1. The Morgan fingerprint density at radius 2 is 2.06 bits per heavy atom. The monoisotopic (exact) mass is 505 g/mol. The summed E-state index contributed by atoms with van der Waals surface area (Å²) in [6.45, 7) is 3.66. The first-order valence-corrected chi connectivity index (χ1v) is 13.4. The number of alkyl halides is 2. The number of hydrogen-bond acceptors (Lipinski definition) is 6. The zero-order valence-corrected chi connectivity index (χ0v) is 21.0. The number of carbonyl (C=O) groups is 1. The van der Waals surface area contributed by atoms with Crippen LogP contribution in [0.1, 0.15) is 55.3 Å². The smallest absolute Gasteiger partial charge is 0.322 e. The lowest BCUT2D eigenvalue weighted by atomic mass is 9.84. The van der Waals surface area contributed by atoms with Gasteiger partial charge in [0.05, 0.1) is 17.1 Å². The van der Waals surface area contributed by atoms with Crippen molar-refractivity contribution in [2.75, 3.05) is 31.1 Å². The molecule has 10 heteroatoms. The Hall–Kier alpha value is -2.33. The van der Waals surface area contributed by atoms with Crippen molar-refractivity contribution in [3.05, 3.63) is 34.6 Å². The molecule has 3 aliphatic rings. The van der Waals surface area contributed by atoms with Gasteiger partial charge in [0.25, 0.3) is 11.1 Å². The number of halogens is 2. The molecule has 4 heterocycles. The highest BCUT2D eigenvalue weighted by atomic mass is 32.1. The van der Waals surface area contributed by atoms with Crippen LogP contribution in [0.4, 0.5) is 19.3 Å². The zero-order valence-electron chi connectivity index (χ0n) is 20.1. The van der Waals surface area contributed by atoms with E-state index in [9.17, 15) is 13.6 Å². The van der Waals surface area contributed by atoms with Crippen LogP contribution in [-0.2, 0) is 19.4 Å². The van der Waals surface area contributed by atoms with E-state index in [-0.39, 0.29) is 12.1 Å². The Morgan fingerprint density at radius 1 is 1.23 bits per heavy atom. The Kier molecular flexibility index (Phi) is 7.20. The highest BCUT2D eigenvalue weighted by Crippen LogP contribution is 2.32. The number of rotatable bonds is 7. The van der Waals surface area contributed by atoms with Crippen LogP contribution in [0.25, 0.3) is 0 Å². The summed E-state index contributed by atoms with van der Waals surface area (Å²) in [6.07, 6.45) is 8.92. The summed E-state index contributed by atoms with van der Waals surface area (Å²) in [7, 11) is 0. The van der Waals surface area contributed by atoms with Gasteiger partial charge in [0.15, 0.2) is 6.61 Å². The van der Waals surface area contributed by atoms with Crippen LogP contribution in [0.5, 0.6) is 5.19 Å². The first-order chi connectivity index (χ1) is 16.8. The molecule has 0 bridgehead atoms. The average molecular weight is 506 g/mol. The molecule has 1 fully saturated rings. The van der Waals surface area contributed by atoms with E-state index >= 15 is 0 Å². The fraction of sp³-hybridized carbons (Fsp3) is 0.640. The van der Waals surface area contributed by atoms with Gasteiger partial charge in [-0.1, -0.05) is 11.3 Å². The largest absolute Gasteiger partial charge is 0.464 e. The van der Waals surface area contributed by atoms with E-state index in [0.717, 1.165) is 93.5 Å². The van der Waals surface area contributed by atoms with Gasteiger partial charge in [0.2, 0.25) is 0 Å². The van der Waals surface area contributed by atoms with Crippen molar-refractivity contribution in [3.8, 4) is 5.19 Å². The first-order valence-electron chi connectivity index (χ1n) is 12.6. The van der Waals surface area contributed by atoms with Gasteiger partial charge >= 0.3 is 6.03 Å². The van der Waals surface area contributed by atoms with E-state index in [1.54, 1.807) is 6.20 Å². The van der Waals surface area contributed by atoms with Crippen molar-refractivity contribution >= 4 is 23.1 Å². The van der Waals surface area contributed by atoms with Gasteiger partial charge in [0.1, 0.15) is 0 Å². The molecule has 1 saturated carbocycles. The summed E-state index contributed by atoms with van der Waals surface area (Å²) >= 11 is 1.40. The van der Waals surface area contributed by atoms with Crippen LogP contribution in [-0.4, -0.2) is 59.1 Å². The Labute approximate surface area is 208 Å². The predicted octanol–water partition coefficient (Wildman–Crippen LogP) is 4.65. The highest BCUT2D eigenvalue weighted by Gasteiger charge is 2.30. The third-order valence-corrected chi connectivity index (χ3v) is 8.31. The first kappa shape index (κ1) is 24.4. The summed E-state index contributed by atoms with van der Waals surface area (Å²) in [5.41, 5.74) is 2.91. The lowest BCUT2D eigenvalue weighted by Gasteiger charge is -2.32. The maximum atomic E-state index is 13.1. The van der Waals surface area contributed by atoms with E-state index in [4.69, 9.17) is 4.74 Å². The zero-order chi connectivity index (χ0) is 24.4. The summed E-state index contributed by atoms with van der Waals surface area (Å²) < 4.78 is 31.3. The van der Waals surface area contributed by atoms with Crippen LogP contribution in [0.3, 0.4) is 0 Å². The van der Waals surface area contributed by atoms with E-state index in [0.29, 0.717) is 17.7 Å². The molecule has 2 aliphatic heterocycles. The number of pyridine rings is 1. The highest BCUT2D eigenvalue weighted by molar-refractivity contribution is 7.13. The number of hydrogen-bond donors (Lipinski definition) is 1. The summed E-state index contributed by atoms with van der Waals surface area (Å²) in [5.74, 6) is -2.18. The molecule has 0 unspecified atom stereocenters. The minimum absolute atomic E-state index is 0.00131. The minimum Gasteiger partial charge on any atom is -0.464 e. The fourth-order valence-corrected chi connectivity index (χ4v) is 6.21. The molecule has 0 aromatic carbocycles. The number of ether oxygens (including phenoxy) is 1. The van der Waals surface area contributed by atoms with Crippen molar-refractivity contribution in [2.24, 2.45) is 5.92 Å². The summed E-state index contributed by atoms with van der Waals surface area (Å²) in [6, 6.07) is 4.09. The number of nitrogens with zero attached hydrogens (tertiary/aromatic N) is 4. The van der Waals surface area contributed by atoms with Gasteiger partial charge in [0, 0.05) is 50.1 Å². The number of nitrogens with one attached hydrogen (secondary N) is 1. The van der Waals surface area contributed by atoms with Crippen molar-refractivity contribution in [1.29, 1.82) is 0 Å². The Bertz CT molecular complexity index is 1040. The van der Waals surface area contributed by atoms with Gasteiger partial charge in [-0.25, -0.2) is 18.6 Å². The molecule has 7 nitrogen and oxygen atoms in total. The molecule has 190 valence electrons. The minimum atomic E-state index is -2.85. The van der Waals surface area contributed by atoms with Crippen LogP contribution in [0.15, 0.2) is 18.3 Å². The van der Waals surface area contributed by atoms with Gasteiger partial charge in [-0.2, -0.15) is 0 Å². The number of fused-ring (bicyclic) bond motifs is 2. The van der Waals surface area contributed by atoms with Crippen molar-refractivity contribution in [2.45, 2.75) is 70.4 Å². The number of carbonyl (C=O) groups excluding carboxylic acids is 1. The quantitative estimate of drug-likeness (QED) is 0.593. The third kappa shape index (κ3) is 6.09. The molecule has 1 N–H and O–H groups in total. The maximum absolute atomic E-state index is 13.1. The lowest BCUT2D eigenvalue weighted by Crippen LogP contribution is -2.45. The van der Waals surface area contributed by atoms with Crippen molar-refractivity contribution in [1.82, 2.24) is 20.2 Å². The number of amides is 2. The molecule has 2 amide bonds. The topological polar surface area (TPSA) is 70.6 Å². The molecule has 0 radical (unpaired) electrons. The van der Waals surface area contributed by atoms with Crippen LogP contribution < -0.4 is 15.0 Å². The van der Waals surface area contributed by atoms with E-state index in [1.807, 2.05) is 17.0 Å². The molecule has 2 aromatic heterocycles. The number of urea groups is 1. The molecule has 0 spiro atoms. The summed E-state index contributed by atoms with van der Waals surface area (Å²) in [5, 5.41) is 3.60. The Balaban J connectivity index is 1.03. The number of anilines is 1. The average Bonchev–Trinajstić information content (AvgIpc) is 3.45. The van der Waals surface area contributed by atoms with Gasteiger partial charge < -0.3 is 10.1 Å². The molecule has 5 rings (SSSR count). The Morgan fingerprint density at radius 3 is 2.86 bits per heavy atom. The molecule has 0 atom stereocenters. The standard InChI is InChI=1S/C25H33F2N5O2S/c1-25(26,27)16-34-24-30-20-15-31(13-10-22(20)35-24)12-8-17-4-6-18(7-5-17)29-23(33)32-14-9-19-21(32)3-2-11-28-19/h2-3,11,17-18H,4-10,12-16H2,1H3,(H,29,33). The van der Waals surface area contributed by atoms with E-state index in [1.165, 1.54) is 11.3 Å². The van der Waals surface area contributed by atoms with Gasteiger partial charge in [-0.15, -0.1) is 0 Å². The molecular formula is C25H33F2N5O2S. The molecule has 35 heavy (non-hydrogen) atoms. The lowest BCUT2D eigenvalue weighted by molar-refractivity contribution is -0.0230. The predicted molar refractivity (Wildman–Crippen MR) is 131 cm³/mol. The third-order valence-electron chi connectivity index (χ3n) is 7.24. The second kappa shape index (κ2) is 10.3. The normalized spacial score (nSPS) is 22.5. The molecule has 0 saturated heterocycles. The summed E-state index contributed by atoms with van der Waals surface area (Å²) in [4.78, 5) is 27.0. The maximum Gasteiger partial charge on any atom is 0.322 e. The number of aromatic nitrogens is 2. The van der Waals surface area contributed by atoms with Crippen LogP contribution >= 0.6 is 11.3 Å².